The molecule has 0 aliphatic rings. The maximum atomic E-state index is 12.4. The van der Waals surface area contributed by atoms with E-state index in [9.17, 15) is 4.79 Å². The number of hydrogen-bond donors (Lipinski definition) is 1. The largest absolute Gasteiger partial charge is 0.496 e. The van der Waals surface area contributed by atoms with Crippen LogP contribution in [0, 0.1) is 0 Å². The monoisotopic (exact) mass is 304 g/mol. The molecule has 1 amide bonds. The Kier molecular flexibility index (Phi) is 4.70. The molecule has 2 aromatic rings. The minimum absolute atomic E-state index is 0.0894. The van der Waals surface area contributed by atoms with Crippen molar-refractivity contribution in [1.29, 1.82) is 0 Å². The van der Waals surface area contributed by atoms with Crippen LogP contribution >= 0.6 is 11.6 Å². The van der Waals surface area contributed by atoms with Crippen molar-refractivity contribution in [2.45, 2.75) is 6.42 Å². The lowest BCUT2D eigenvalue weighted by Gasteiger charge is -2.20. The Morgan fingerprint density at radius 1 is 1.29 bits per heavy atom. The number of nitrogens with zero attached hydrogens (tertiary/aromatic N) is 1. The van der Waals surface area contributed by atoms with Gasteiger partial charge in [0.1, 0.15) is 5.75 Å². The van der Waals surface area contributed by atoms with Crippen molar-refractivity contribution in [3.05, 3.63) is 53.1 Å². The Hall–Kier alpha value is -2.20. The SMILES string of the molecule is COc1ccccc1CC(=O)N(C)c1cc(Cl)ccc1N. The second kappa shape index (κ2) is 6.50. The van der Waals surface area contributed by atoms with Crippen LogP contribution in [-0.4, -0.2) is 20.1 Å². The van der Waals surface area contributed by atoms with Crippen molar-refractivity contribution < 1.29 is 9.53 Å². The number of hydrogen-bond acceptors (Lipinski definition) is 3. The van der Waals surface area contributed by atoms with Gasteiger partial charge in [-0.2, -0.15) is 0 Å². The summed E-state index contributed by atoms with van der Waals surface area (Å²) in [7, 11) is 3.27. The fraction of sp³-hybridized carbons (Fsp3) is 0.188. The highest BCUT2D eigenvalue weighted by Crippen LogP contribution is 2.27. The number of carbonyl (C=O) groups excluding carboxylic acids is 1. The van der Waals surface area contributed by atoms with Crippen LogP contribution < -0.4 is 15.4 Å². The summed E-state index contributed by atoms with van der Waals surface area (Å²) in [6.07, 6.45) is 0.229. The second-order valence-corrected chi connectivity index (χ2v) is 5.08. The highest BCUT2D eigenvalue weighted by Gasteiger charge is 2.16. The van der Waals surface area contributed by atoms with Gasteiger partial charge in [-0.05, 0) is 24.3 Å². The van der Waals surface area contributed by atoms with Crippen LogP contribution in [-0.2, 0) is 11.2 Å². The summed E-state index contributed by atoms with van der Waals surface area (Å²) in [6, 6.07) is 12.5. The Balaban J connectivity index is 2.22. The molecule has 0 atom stereocenters. The van der Waals surface area contributed by atoms with E-state index in [1.54, 1.807) is 32.4 Å². The van der Waals surface area contributed by atoms with E-state index < -0.39 is 0 Å². The molecule has 0 saturated heterocycles. The maximum absolute atomic E-state index is 12.4. The minimum Gasteiger partial charge on any atom is -0.496 e. The average molecular weight is 305 g/mol. The van der Waals surface area contributed by atoms with Gasteiger partial charge in [-0.3, -0.25) is 4.79 Å². The standard InChI is InChI=1S/C16H17ClN2O2/c1-19(14-10-12(17)7-8-13(14)18)16(20)9-11-5-3-4-6-15(11)21-2/h3-8,10H,9,18H2,1-2H3. The molecule has 2 aromatic carbocycles. The molecule has 0 aliphatic carbocycles. The van der Waals surface area contributed by atoms with Crippen molar-refractivity contribution in [3.63, 3.8) is 0 Å². The zero-order valence-corrected chi connectivity index (χ0v) is 12.7. The predicted octanol–water partition coefficient (Wildman–Crippen LogP) is 3.14. The number of nitrogen functional groups attached to an aromatic ring is 1. The van der Waals surface area contributed by atoms with E-state index in [0.717, 1.165) is 5.56 Å². The molecule has 0 saturated carbocycles. The van der Waals surface area contributed by atoms with Crippen LogP contribution in [0.15, 0.2) is 42.5 Å². The summed E-state index contributed by atoms with van der Waals surface area (Å²) >= 11 is 5.96. The first-order chi connectivity index (χ1) is 10.0. The lowest BCUT2D eigenvalue weighted by atomic mass is 10.1. The van der Waals surface area contributed by atoms with Crippen LogP contribution in [0.25, 0.3) is 0 Å². The number of methoxy groups -OCH3 is 1. The van der Waals surface area contributed by atoms with Crippen molar-refractivity contribution in [3.8, 4) is 5.75 Å². The third-order valence-corrected chi connectivity index (χ3v) is 3.50. The van der Waals surface area contributed by atoms with E-state index in [1.165, 1.54) is 4.90 Å². The van der Waals surface area contributed by atoms with Gasteiger partial charge in [0, 0.05) is 17.6 Å². The molecule has 4 nitrogen and oxygen atoms in total. The molecule has 0 radical (unpaired) electrons. The van der Waals surface area contributed by atoms with Crippen molar-refractivity contribution >= 4 is 28.9 Å². The summed E-state index contributed by atoms with van der Waals surface area (Å²) in [4.78, 5) is 13.9. The Labute approximate surface area is 129 Å². The second-order valence-electron chi connectivity index (χ2n) is 4.64. The zero-order valence-electron chi connectivity index (χ0n) is 12.0. The topological polar surface area (TPSA) is 55.6 Å². The normalized spacial score (nSPS) is 10.2. The number of anilines is 2. The molecule has 0 unspecified atom stereocenters. The fourth-order valence-electron chi connectivity index (χ4n) is 2.07. The highest BCUT2D eigenvalue weighted by molar-refractivity contribution is 6.31. The molecule has 5 heteroatoms. The van der Waals surface area contributed by atoms with Crippen LogP contribution in [0.2, 0.25) is 5.02 Å². The first-order valence-corrected chi connectivity index (χ1v) is 6.84. The molecule has 0 fully saturated rings. The molecule has 0 aromatic heterocycles. The number of ether oxygens (including phenoxy) is 1. The summed E-state index contributed by atoms with van der Waals surface area (Å²) in [5.41, 5.74) is 7.84. The number of para-hydroxylation sites is 1. The van der Waals surface area contributed by atoms with E-state index in [0.29, 0.717) is 22.1 Å². The number of nitrogens with two attached hydrogens (primary N) is 1. The molecule has 2 rings (SSSR count). The number of carbonyl (C=O) groups is 1. The van der Waals surface area contributed by atoms with E-state index in [2.05, 4.69) is 0 Å². The fourth-order valence-corrected chi connectivity index (χ4v) is 2.24. The molecule has 2 N–H and O–H groups in total. The number of rotatable bonds is 4. The van der Waals surface area contributed by atoms with E-state index >= 15 is 0 Å². The van der Waals surface area contributed by atoms with E-state index in [1.807, 2.05) is 24.3 Å². The lowest BCUT2D eigenvalue weighted by Crippen LogP contribution is -2.28. The zero-order chi connectivity index (χ0) is 15.4. The lowest BCUT2D eigenvalue weighted by molar-refractivity contribution is -0.117. The molecule has 21 heavy (non-hydrogen) atoms. The van der Waals surface area contributed by atoms with Gasteiger partial charge < -0.3 is 15.4 Å². The number of likely N-dealkylation sites (N-methyl/N-ethyl adjacent to an activating group) is 1. The predicted molar refractivity (Wildman–Crippen MR) is 86.0 cm³/mol. The smallest absolute Gasteiger partial charge is 0.231 e. The van der Waals surface area contributed by atoms with Gasteiger partial charge in [-0.1, -0.05) is 29.8 Å². The Morgan fingerprint density at radius 3 is 2.71 bits per heavy atom. The third-order valence-electron chi connectivity index (χ3n) is 3.26. The number of amides is 1. The Morgan fingerprint density at radius 2 is 2.00 bits per heavy atom. The van der Waals surface area contributed by atoms with Gasteiger partial charge in [0.05, 0.1) is 24.9 Å². The average Bonchev–Trinajstić information content (AvgIpc) is 2.49. The first kappa shape index (κ1) is 15.2. The summed E-state index contributed by atoms with van der Waals surface area (Å²) in [5, 5.41) is 0.538. The molecule has 0 spiro atoms. The van der Waals surface area contributed by atoms with Gasteiger partial charge in [0.2, 0.25) is 5.91 Å². The molecule has 110 valence electrons. The minimum atomic E-state index is -0.0894. The maximum Gasteiger partial charge on any atom is 0.231 e. The molecule has 0 bridgehead atoms. The van der Waals surface area contributed by atoms with Gasteiger partial charge in [-0.25, -0.2) is 0 Å². The van der Waals surface area contributed by atoms with E-state index in [4.69, 9.17) is 22.1 Å². The van der Waals surface area contributed by atoms with Crippen molar-refractivity contribution in [1.82, 2.24) is 0 Å². The quantitative estimate of drug-likeness (QED) is 0.883. The molecule has 0 aliphatic heterocycles. The van der Waals surface area contributed by atoms with E-state index in [-0.39, 0.29) is 12.3 Å². The number of benzene rings is 2. The van der Waals surface area contributed by atoms with Crippen molar-refractivity contribution in [2.75, 3.05) is 24.8 Å². The molecular weight excluding hydrogens is 288 g/mol. The summed E-state index contributed by atoms with van der Waals surface area (Å²) in [6.45, 7) is 0. The highest BCUT2D eigenvalue weighted by atomic mass is 35.5. The van der Waals surface area contributed by atoms with Gasteiger partial charge >= 0.3 is 0 Å². The molecular formula is C16H17ClN2O2. The molecule has 0 heterocycles. The summed E-state index contributed by atoms with van der Waals surface area (Å²) < 4.78 is 5.26. The van der Waals surface area contributed by atoms with Gasteiger partial charge in [-0.15, -0.1) is 0 Å². The van der Waals surface area contributed by atoms with Gasteiger partial charge in [0.15, 0.2) is 0 Å². The third kappa shape index (κ3) is 3.47. The van der Waals surface area contributed by atoms with Crippen LogP contribution in [0.3, 0.4) is 0 Å². The van der Waals surface area contributed by atoms with Crippen molar-refractivity contribution in [2.24, 2.45) is 0 Å². The van der Waals surface area contributed by atoms with Gasteiger partial charge in [0.25, 0.3) is 0 Å². The summed E-state index contributed by atoms with van der Waals surface area (Å²) in [5.74, 6) is 0.604. The number of halogens is 1. The van der Waals surface area contributed by atoms with Crippen LogP contribution in [0.1, 0.15) is 5.56 Å². The van der Waals surface area contributed by atoms with Crippen LogP contribution in [0.4, 0.5) is 11.4 Å². The van der Waals surface area contributed by atoms with Crippen LogP contribution in [0.5, 0.6) is 5.75 Å². The first-order valence-electron chi connectivity index (χ1n) is 6.46. The Bertz CT molecular complexity index is 658.